The molecule has 2 nitrogen and oxygen atoms in total. The maximum absolute atomic E-state index is 15.4. The number of hydrogen-bond acceptors (Lipinski definition) is 2. The van der Waals surface area contributed by atoms with Crippen LogP contribution in [0.5, 0.6) is 0 Å². The lowest BCUT2D eigenvalue weighted by Gasteiger charge is -2.44. The van der Waals surface area contributed by atoms with Gasteiger partial charge in [-0.2, -0.15) is 0 Å². The summed E-state index contributed by atoms with van der Waals surface area (Å²) in [5.74, 6) is -69.3. The molecule has 2 aromatic heterocycles. The first-order valence-electron chi connectivity index (χ1n) is 19.6. The summed E-state index contributed by atoms with van der Waals surface area (Å²) in [4.78, 5) is 0. The van der Waals surface area contributed by atoms with Crippen LogP contribution >= 0.6 is 0 Å². The Morgan fingerprint density at radius 3 is 0.765 bits per heavy atom. The minimum Gasteiger partial charge on any atom is -0.418 e. The van der Waals surface area contributed by atoms with Crippen LogP contribution in [0, 0.1) is 124 Å². The SMILES string of the molecule is C1=C(c2ccc([I+]c3ccc(C4=CCCCC4)o3)o2)CCCC1.Fc1c(F)c(F)c([B-](c2c(F)c(F)c(F)c(F)c2F)(c2c(F)c(F)c(F)c(F)c2F)c2c(F)c(F)c(F)c(F)c2F)c(F)c1F. The second-order valence-corrected chi connectivity index (χ2v) is 17.7. The Morgan fingerprint density at radius 1 is 0.309 bits per heavy atom. The minimum atomic E-state index is -7.22. The summed E-state index contributed by atoms with van der Waals surface area (Å²) in [6.07, 6.45) is 7.36. The van der Waals surface area contributed by atoms with Crippen molar-refractivity contribution in [1.29, 1.82) is 0 Å². The van der Waals surface area contributed by atoms with Gasteiger partial charge in [0.05, 0.1) is 0 Å². The molecule has 0 aliphatic heterocycles. The van der Waals surface area contributed by atoms with E-state index in [4.69, 9.17) is 8.83 Å². The Labute approximate surface area is 379 Å². The van der Waals surface area contributed by atoms with E-state index in [0.29, 0.717) is 0 Å². The second kappa shape index (κ2) is 19.4. The molecule has 2 heterocycles. The monoisotopic (exact) mass is 1100 g/mol. The lowest BCUT2D eigenvalue weighted by atomic mass is 9.12. The fraction of sp³-hybridized carbons (Fsp3) is 0.182. The van der Waals surface area contributed by atoms with Crippen LogP contribution in [0.15, 0.2) is 45.3 Å². The highest BCUT2D eigenvalue weighted by atomic mass is 127. The molecule has 2 aliphatic rings. The molecule has 0 saturated heterocycles. The molecule has 360 valence electrons. The zero-order valence-electron chi connectivity index (χ0n) is 33.5. The highest BCUT2D eigenvalue weighted by molar-refractivity contribution is 7.20. The standard InChI is InChI=1S/C24BF20.C20H22IO2/c26-5-1(6(27)14(35)21(42)13(5)34)25(2-7(28)15(36)22(43)16(37)8(2)29,3-9(30)17(38)23(44)18(39)10(3)31)4-11(32)19(40)24(45)20(41)12(4)33;1-3-7-15(8-4-1)17-11-13-19(22-17)21-20-14-12-18(23-20)16-9-5-2-6-10-16/h;7,9,11-14H,1-6,8,10H2/q-1;+1. The number of hydrogen-bond donors (Lipinski definition) is 0. The molecule has 0 fully saturated rings. The van der Waals surface area contributed by atoms with Crippen molar-refractivity contribution in [2.24, 2.45) is 0 Å². The molecule has 0 N–H and O–H groups in total. The first-order chi connectivity index (χ1) is 32.1. The average Bonchev–Trinajstić information content (AvgIpc) is 4.02. The Morgan fingerprint density at radius 2 is 0.544 bits per heavy atom. The van der Waals surface area contributed by atoms with Crippen LogP contribution in [-0.4, -0.2) is 6.15 Å². The molecule has 4 aromatic carbocycles. The molecular weight excluding hydrogens is 1080 g/mol. The van der Waals surface area contributed by atoms with Gasteiger partial charge in [-0.3, -0.25) is 0 Å². The number of benzene rings is 4. The second-order valence-electron chi connectivity index (χ2n) is 15.1. The van der Waals surface area contributed by atoms with Gasteiger partial charge in [0, 0.05) is 12.1 Å². The van der Waals surface area contributed by atoms with Gasteiger partial charge in [0.25, 0.3) is 0 Å². The third-order valence-electron chi connectivity index (χ3n) is 11.3. The van der Waals surface area contributed by atoms with E-state index in [-0.39, 0.29) is 21.2 Å². The van der Waals surface area contributed by atoms with Crippen molar-refractivity contribution in [2.75, 3.05) is 0 Å². The van der Waals surface area contributed by atoms with E-state index in [2.05, 4.69) is 36.4 Å². The van der Waals surface area contributed by atoms with Crippen molar-refractivity contribution in [3.63, 3.8) is 0 Å². The predicted octanol–water partition coefficient (Wildman–Crippen LogP) is 8.76. The number of allylic oxidation sites excluding steroid dienone is 4. The van der Waals surface area contributed by atoms with E-state index >= 15 is 35.1 Å². The molecule has 0 atom stereocenters. The van der Waals surface area contributed by atoms with Crippen molar-refractivity contribution in [1.82, 2.24) is 0 Å². The summed E-state index contributed by atoms with van der Waals surface area (Å²) < 4.78 is 308. The zero-order chi connectivity index (χ0) is 49.8. The molecule has 0 unspecified atom stereocenters. The minimum absolute atomic E-state index is 0.363. The van der Waals surface area contributed by atoms with Crippen molar-refractivity contribution in [3.8, 4) is 0 Å². The van der Waals surface area contributed by atoms with Crippen LogP contribution in [0.1, 0.15) is 62.9 Å². The lowest BCUT2D eigenvalue weighted by molar-refractivity contribution is -0.636. The molecule has 0 bridgehead atoms. The van der Waals surface area contributed by atoms with Crippen LogP contribution in [0.25, 0.3) is 11.1 Å². The molecule has 68 heavy (non-hydrogen) atoms. The summed E-state index contributed by atoms with van der Waals surface area (Å²) in [6.45, 7) is 0. The highest BCUT2D eigenvalue weighted by Crippen LogP contribution is 2.32. The average molecular weight is 1100 g/mol. The number of rotatable bonds is 8. The van der Waals surface area contributed by atoms with Crippen molar-refractivity contribution < 1.29 is 118 Å². The summed E-state index contributed by atoms with van der Waals surface area (Å²) >= 11 is -0.363. The van der Waals surface area contributed by atoms with Gasteiger partial charge < -0.3 is 8.83 Å². The summed E-state index contributed by atoms with van der Waals surface area (Å²) in [5.41, 5.74) is -11.6. The number of furan rings is 2. The summed E-state index contributed by atoms with van der Waals surface area (Å²) in [5, 5.41) is 0. The van der Waals surface area contributed by atoms with Crippen molar-refractivity contribution >= 4 is 39.1 Å². The smallest absolute Gasteiger partial charge is 0.418 e. The maximum atomic E-state index is 15.4. The summed E-state index contributed by atoms with van der Waals surface area (Å²) in [6, 6.07) is 8.56. The van der Waals surface area contributed by atoms with E-state index in [9.17, 15) is 52.7 Å². The van der Waals surface area contributed by atoms with Crippen molar-refractivity contribution in [2.45, 2.75) is 51.4 Å². The van der Waals surface area contributed by atoms with Crippen LogP contribution in [0.4, 0.5) is 87.8 Å². The molecule has 24 heteroatoms. The van der Waals surface area contributed by atoms with Gasteiger partial charge in [-0.05, 0) is 74.6 Å². The van der Waals surface area contributed by atoms with E-state index in [1.54, 1.807) is 0 Å². The van der Waals surface area contributed by atoms with E-state index in [1.165, 1.54) is 49.7 Å². The first-order valence-corrected chi connectivity index (χ1v) is 21.7. The van der Waals surface area contributed by atoms with E-state index < -0.39 is 144 Å². The van der Waals surface area contributed by atoms with Gasteiger partial charge in [-0.15, -0.1) is 21.9 Å². The van der Waals surface area contributed by atoms with Gasteiger partial charge >= 0.3 is 28.7 Å². The molecule has 8 rings (SSSR count). The van der Waals surface area contributed by atoms with Crippen LogP contribution in [-0.2, 0) is 0 Å². The predicted molar refractivity (Wildman–Crippen MR) is 197 cm³/mol. The molecular formula is C44H22BF20IO2. The molecule has 0 radical (unpaired) electrons. The van der Waals surface area contributed by atoms with Crippen molar-refractivity contribution in [3.05, 3.63) is 172 Å². The molecule has 6 aromatic rings. The maximum Gasteiger partial charge on any atom is 0.443 e. The Balaban J connectivity index is 0.000000246. The first kappa shape index (κ1) is 50.2. The Kier molecular flexibility index (Phi) is 14.3. The summed E-state index contributed by atoms with van der Waals surface area (Å²) in [7, 11) is 0. The normalized spacial score (nSPS) is 14.2. The molecule has 2 aliphatic carbocycles. The molecule has 0 amide bonds. The highest BCUT2D eigenvalue weighted by Gasteiger charge is 2.52. The fourth-order valence-electron chi connectivity index (χ4n) is 8.17. The van der Waals surface area contributed by atoms with Gasteiger partial charge in [0.2, 0.25) is 0 Å². The third-order valence-corrected chi connectivity index (χ3v) is 13.5. The molecule has 0 spiro atoms. The lowest BCUT2D eigenvalue weighted by Crippen LogP contribution is -3.61. The van der Waals surface area contributed by atoms with Gasteiger partial charge in [0.1, 0.15) is 64.2 Å². The van der Waals surface area contributed by atoms with Crippen LogP contribution in [0.3, 0.4) is 0 Å². The Hall–Kier alpha value is -5.69. The van der Waals surface area contributed by atoms with Gasteiger partial charge in [-0.1, -0.05) is 12.2 Å². The third kappa shape index (κ3) is 8.26. The van der Waals surface area contributed by atoms with Crippen LogP contribution in [0.2, 0.25) is 0 Å². The molecule has 0 saturated carbocycles. The Bertz CT molecular complexity index is 2620. The zero-order valence-corrected chi connectivity index (χ0v) is 35.6. The van der Waals surface area contributed by atoms with Gasteiger partial charge in [-0.25, -0.2) is 87.8 Å². The van der Waals surface area contributed by atoms with Crippen LogP contribution < -0.4 is 43.1 Å². The fourth-order valence-corrected chi connectivity index (χ4v) is 10.1. The quantitative estimate of drug-likeness (QED) is 0.0502. The van der Waals surface area contributed by atoms with E-state index in [0.717, 1.165) is 31.9 Å². The van der Waals surface area contributed by atoms with Gasteiger partial charge in [0.15, 0.2) is 69.8 Å². The topological polar surface area (TPSA) is 26.3 Å². The number of halogens is 21. The largest absolute Gasteiger partial charge is 0.443 e. The van der Waals surface area contributed by atoms with E-state index in [1.807, 2.05) is 0 Å².